The molecule has 0 aromatic heterocycles. The minimum absolute atomic E-state index is 0.0270. The molecule has 0 heterocycles. The van der Waals surface area contributed by atoms with Gasteiger partial charge in [-0.2, -0.15) is 11.8 Å². The summed E-state index contributed by atoms with van der Waals surface area (Å²) in [5.74, 6) is 0.688. The molecule has 1 atom stereocenters. The van der Waals surface area contributed by atoms with Gasteiger partial charge in [0.1, 0.15) is 6.61 Å². The van der Waals surface area contributed by atoms with Gasteiger partial charge >= 0.3 is 12.1 Å². The molecule has 0 aromatic rings. The van der Waals surface area contributed by atoms with Crippen molar-refractivity contribution in [2.24, 2.45) is 10.8 Å². The van der Waals surface area contributed by atoms with Crippen molar-refractivity contribution in [1.82, 2.24) is 15.5 Å². The van der Waals surface area contributed by atoms with Crippen molar-refractivity contribution in [1.29, 1.82) is 0 Å². The summed E-state index contributed by atoms with van der Waals surface area (Å²) < 4.78 is 10.0. The Balaban J connectivity index is 4.24. The van der Waals surface area contributed by atoms with Crippen LogP contribution in [0.2, 0.25) is 0 Å². The number of alkyl carbamates (subject to hydrolysis) is 1. The standard InChI is InChI=1S/C28H53N3O5S/c1-22(2)23(32)35-19-16-30-25(34)36-18-13-11-12-14-20-37-27(6,7)21-28(8,26(3,4)5)24(33)29-15-17-31(9)10/h1,11-21H2,2-10H3,(H,29,33)(H,30,34). The second-order valence-electron chi connectivity index (χ2n) is 11.8. The van der Waals surface area contributed by atoms with Crippen LogP contribution in [0.5, 0.6) is 0 Å². The van der Waals surface area contributed by atoms with Gasteiger partial charge in [-0.1, -0.05) is 61.0 Å². The Hall–Kier alpha value is -1.74. The van der Waals surface area contributed by atoms with Gasteiger partial charge in [-0.3, -0.25) is 4.79 Å². The van der Waals surface area contributed by atoms with E-state index in [0.29, 0.717) is 18.7 Å². The molecule has 9 heteroatoms. The topological polar surface area (TPSA) is 97.0 Å². The van der Waals surface area contributed by atoms with E-state index in [0.717, 1.165) is 44.4 Å². The molecule has 0 rings (SSSR count). The Bertz CT molecular complexity index is 734. The van der Waals surface area contributed by atoms with Gasteiger partial charge in [0.25, 0.3) is 0 Å². The number of rotatable bonds is 18. The maximum absolute atomic E-state index is 13.2. The van der Waals surface area contributed by atoms with Gasteiger partial charge in [-0.15, -0.1) is 0 Å². The molecule has 0 bridgehead atoms. The number of ether oxygens (including phenoxy) is 2. The predicted molar refractivity (Wildman–Crippen MR) is 154 cm³/mol. The van der Waals surface area contributed by atoms with E-state index in [4.69, 9.17) is 9.47 Å². The molecule has 8 nitrogen and oxygen atoms in total. The van der Waals surface area contributed by atoms with Gasteiger partial charge < -0.3 is 25.0 Å². The largest absolute Gasteiger partial charge is 0.460 e. The lowest BCUT2D eigenvalue weighted by Crippen LogP contribution is -2.51. The first-order valence-corrected chi connectivity index (χ1v) is 14.3. The molecule has 0 radical (unpaired) electrons. The summed E-state index contributed by atoms with van der Waals surface area (Å²) in [6.45, 7) is 20.2. The highest BCUT2D eigenvalue weighted by Crippen LogP contribution is 2.48. The Labute approximate surface area is 230 Å². The normalized spacial score (nSPS) is 13.6. The number of unbranched alkanes of at least 4 members (excludes halogenated alkanes) is 3. The van der Waals surface area contributed by atoms with Gasteiger partial charge in [0, 0.05) is 23.4 Å². The Morgan fingerprint density at radius 2 is 1.49 bits per heavy atom. The lowest BCUT2D eigenvalue weighted by molar-refractivity contribution is -0.139. The molecule has 0 aliphatic heterocycles. The average Bonchev–Trinajstić information content (AvgIpc) is 2.76. The lowest BCUT2D eigenvalue weighted by atomic mass is 9.63. The summed E-state index contributed by atoms with van der Waals surface area (Å²) >= 11 is 1.93. The van der Waals surface area contributed by atoms with Crippen molar-refractivity contribution in [2.75, 3.05) is 52.7 Å². The average molecular weight is 544 g/mol. The van der Waals surface area contributed by atoms with E-state index in [2.05, 4.69) is 63.7 Å². The predicted octanol–water partition coefficient (Wildman–Crippen LogP) is 5.02. The van der Waals surface area contributed by atoms with Crippen molar-refractivity contribution < 1.29 is 23.9 Å². The van der Waals surface area contributed by atoms with Gasteiger partial charge in [0.05, 0.1) is 18.6 Å². The fourth-order valence-corrected chi connectivity index (χ4v) is 5.01. The van der Waals surface area contributed by atoms with Gasteiger partial charge in [-0.05, 0) is 51.4 Å². The highest BCUT2D eigenvalue weighted by atomic mass is 32.2. The lowest BCUT2D eigenvalue weighted by Gasteiger charge is -2.45. The highest BCUT2D eigenvalue weighted by Gasteiger charge is 2.47. The maximum atomic E-state index is 13.2. The van der Waals surface area contributed by atoms with E-state index in [1.54, 1.807) is 6.92 Å². The molecule has 0 aliphatic carbocycles. The van der Waals surface area contributed by atoms with Crippen molar-refractivity contribution >= 4 is 29.7 Å². The molecule has 0 saturated carbocycles. The summed E-state index contributed by atoms with van der Waals surface area (Å²) in [6.07, 6.45) is 4.23. The first kappa shape index (κ1) is 35.3. The summed E-state index contributed by atoms with van der Waals surface area (Å²) in [7, 11) is 4.02. The van der Waals surface area contributed by atoms with Gasteiger partial charge in [-0.25, -0.2) is 9.59 Å². The monoisotopic (exact) mass is 543 g/mol. The zero-order valence-electron chi connectivity index (χ0n) is 24.9. The highest BCUT2D eigenvalue weighted by molar-refractivity contribution is 8.00. The molecule has 0 spiro atoms. The van der Waals surface area contributed by atoms with Crippen molar-refractivity contribution in [3.63, 3.8) is 0 Å². The molecule has 0 saturated heterocycles. The quantitative estimate of drug-likeness (QED) is 0.142. The third-order valence-electron chi connectivity index (χ3n) is 6.50. The third kappa shape index (κ3) is 15.3. The molecule has 37 heavy (non-hydrogen) atoms. The summed E-state index contributed by atoms with van der Waals surface area (Å²) in [5.41, 5.74) is -0.305. The Morgan fingerprint density at radius 3 is 2.05 bits per heavy atom. The van der Waals surface area contributed by atoms with E-state index in [1.807, 2.05) is 25.9 Å². The van der Waals surface area contributed by atoms with Crippen LogP contribution in [0, 0.1) is 10.8 Å². The number of amides is 2. The maximum Gasteiger partial charge on any atom is 0.407 e. The zero-order chi connectivity index (χ0) is 28.7. The van der Waals surface area contributed by atoms with Crippen LogP contribution in [0.4, 0.5) is 4.79 Å². The number of likely N-dealkylation sites (N-methyl/N-ethyl adjacent to an activating group) is 1. The van der Waals surface area contributed by atoms with Crippen LogP contribution in [-0.2, 0) is 19.1 Å². The molecule has 2 N–H and O–H groups in total. The number of thioether (sulfide) groups is 1. The molecule has 0 aliphatic rings. The van der Waals surface area contributed by atoms with Crippen LogP contribution < -0.4 is 10.6 Å². The smallest absolute Gasteiger partial charge is 0.407 e. The zero-order valence-corrected chi connectivity index (χ0v) is 25.7. The number of carbonyl (C=O) groups is 3. The second kappa shape index (κ2) is 17.0. The Kier molecular flexibility index (Phi) is 16.2. The fourth-order valence-electron chi connectivity index (χ4n) is 3.72. The van der Waals surface area contributed by atoms with Gasteiger partial charge in [0.15, 0.2) is 0 Å². The molecule has 2 amide bonds. The van der Waals surface area contributed by atoms with E-state index in [1.165, 1.54) is 0 Å². The molecule has 0 aromatic carbocycles. The molecule has 216 valence electrons. The van der Waals surface area contributed by atoms with Crippen LogP contribution in [0.25, 0.3) is 0 Å². The van der Waals surface area contributed by atoms with Crippen LogP contribution in [0.3, 0.4) is 0 Å². The van der Waals surface area contributed by atoms with E-state index < -0.39 is 17.5 Å². The van der Waals surface area contributed by atoms with Crippen LogP contribution in [0.15, 0.2) is 12.2 Å². The Morgan fingerprint density at radius 1 is 0.865 bits per heavy atom. The first-order chi connectivity index (χ1) is 17.0. The minimum Gasteiger partial charge on any atom is -0.460 e. The summed E-state index contributed by atoms with van der Waals surface area (Å²) in [4.78, 5) is 38.2. The van der Waals surface area contributed by atoms with E-state index in [9.17, 15) is 14.4 Å². The van der Waals surface area contributed by atoms with Crippen molar-refractivity contribution in [3.8, 4) is 0 Å². The number of hydrogen-bond acceptors (Lipinski definition) is 7. The molecular weight excluding hydrogens is 490 g/mol. The SMILES string of the molecule is C=C(C)C(=O)OCCNC(=O)OCCCCCCSC(C)(C)CC(C)(C(=O)NCCN(C)C)C(C)(C)C. The van der Waals surface area contributed by atoms with E-state index in [-0.39, 0.29) is 29.2 Å². The number of nitrogens with one attached hydrogen (secondary N) is 2. The van der Waals surface area contributed by atoms with Crippen LogP contribution in [-0.4, -0.2) is 80.3 Å². The van der Waals surface area contributed by atoms with Crippen molar-refractivity contribution in [3.05, 3.63) is 12.2 Å². The molecule has 0 fully saturated rings. The number of carbonyl (C=O) groups excluding carboxylic acids is 3. The summed E-state index contributed by atoms with van der Waals surface area (Å²) in [6, 6.07) is 0. The van der Waals surface area contributed by atoms with Crippen LogP contribution in [0.1, 0.15) is 80.6 Å². The van der Waals surface area contributed by atoms with E-state index >= 15 is 0 Å². The number of esters is 1. The minimum atomic E-state index is -0.503. The first-order valence-electron chi connectivity index (χ1n) is 13.3. The molecule has 1 unspecified atom stereocenters. The van der Waals surface area contributed by atoms with Crippen molar-refractivity contribution in [2.45, 2.75) is 85.3 Å². The number of hydrogen-bond donors (Lipinski definition) is 2. The van der Waals surface area contributed by atoms with Gasteiger partial charge in [0.2, 0.25) is 5.91 Å². The van der Waals surface area contributed by atoms with Crippen LogP contribution >= 0.6 is 11.8 Å². The molecular formula is C28H53N3O5S. The second-order valence-corrected chi connectivity index (χ2v) is 13.6. The fraction of sp³-hybridized carbons (Fsp3) is 0.821. The summed E-state index contributed by atoms with van der Waals surface area (Å²) in [5, 5.41) is 5.71. The third-order valence-corrected chi connectivity index (χ3v) is 7.92. The number of nitrogens with zero attached hydrogens (tertiary/aromatic N) is 1.